The average Bonchev–Trinajstić information content (AvgIpc) is 3.18. The number of hydrogen-bond donors (Lipinski definition) is 0. The van der Waals surface area contributed by atoms with Crippen molar-refractivity contribution >= 4 is 11.5 Å². The van der Waals surface area contributed by atoms with Gasteiger partial charge in [-0.2, -0.15) is 0 Å². The number of aliphatic carboxylic acids is 1. The molecule has 0 aliphatic heterocycles. The molecule has 122 valence electrons. The minimum atomic E-state index is -0.989. The van der Waals surface area contributed by atoms with E-state index < -0.39 is 11.9 Å². The summed E-state index contributed by atoms with van der Waals surface area (Å²) in [6, 6.07) is 14.8. The van der Waals surface area contributed by atoms with Gasteiger partial charge in [0.1, 0.15) is 0 Å². The van der Waals surface area contributed by atoms with Crippen molar-refractivity contribution in [3.63, 3.8) is 0 Å². The molecule has 2 aromatic rings. The van der Waals surface area contributed by atoms with Gasteiger partial charge in [0.25, 0.3) is 0 Å². The number of carbonyl (C=O) groups excluding carboxylic acids is 1. The van der Waals surface area contributed by atoms with Crippen molar-refractivity contribution in [2.24, 2.45) is 0 Å². The van der Waals surface area contributed by atoms with Crippen LogP contribution in [0.4, 0.5) is 0 Å². The van der Waals surface area contributed by atoms with E-state index >= 15 is 0 Å². The average molecular weight is 324 g/mol. The standard InChI is InChI=1S/C22H22O2.Li/c1-14(15-6-3-2-4-7-15)10-18-13-21(22(23)24)20-12-17-9-5-8-16(17)11-19(18)20;/h2-4,6-7,11-14,21H,5,8-10H2,1H3,(H,23,24);/q;+1/p-1. The van der Waals surface area contributed by atoms with Crippen molar-refractivity contribution < 1.29 is 28.8 Å². The molecular formula is C22H21LiO2. The molecule has 2 nitrogen and oxygen atoms in total. The fourth-order valence-corrected chi connectivity index (χ4v) is 4.16. The van der Waals surface area contributed by atoms with E-state index in [4.69, 9.17) is 0 Å². The number of carboxylic acid groups (broad SMARTS) is 1. The van der Waals surface area contributed by atoms with Crippen LogP contribution in [0.1, 0.15) is 59.4 Å². The van der Waals surface area contributed by atoms with Crippen molar-refractivity contribution in [1.29, 1.82) is 0 Å². The summed E-state index contributed by atoms with van der Waals surface area (Å²) >= 11 is 0. The predicted octanol–water partition coefficient (Wildman–Crippen LogP) is 0.604. The normalized spacial score (nSPS) is 18.8. The smallest absolute Gasteiger partial charge is 0.549 e. The molecule has 2 atom stereocenters. The van der Waals surface area contributed by atoms with Gasteiger partial charge in [-0.15, -0.1) is 0 Å². The zero-order chi connectivity index (χ0) is 16.7. The summed E-state index contributed by atoms with van der Waals surface area (Å²) in [7, 11) is 0. The molecule has 25 heavy (non-hydrogen) atoms. The molecule has 0 N–H and O–H groups in total. The molecule has 0 saturated heterocycles. The molecule has 2 aromatic carbocycles. The van der Waals surface area contributed by atoms with Gasteiger partial charge in [-0.05, 0) is 65.0 Å². The second-order valence-corrected chi connectivity index (χ2v) is 7.07. The fourth-order valence-electron chi connectivity index (χ4n) is 4.16. The second-order valence-electron chi connectivity index (χ2n) is 7.07. The number of hydrogen-bond acceptors (Lipinski definition) is 2. The number of fused-ring (bicyclic) bond motifs is 2. The van der Waals surface area contributed by atoms with E-state index in [-0.39, 0.29) is 18.9 Å². The molecule has 0 bridgehead atoms. The number of allylic oxidation sites excluding steroid dienone is 1. The Morgan fingerprint density at radius 2 is 1.84 bits per heavy atom. The Balaban J connectivity index is 0.00000182. The van der Waals surface area contributed by atoms with Crippen LogP contribution in [0.15, 0.2) is 48.5 Å². The van der Waals surface area contributed by atoms with E-state index in [0.717, 1.165) is 36.0 Å². The van der Waals surface area contributed by atoms with Gasteiger partial charge in [0.05, 0.1) is 5.97 Å². The van der Waals surface area contributed by atoms with Crippen molar-refractivity contribution in [2.45, 2.75) is 44.4 Å². The monoisotopic (exact) mass is 324 g/mol. The maximum absolute atomic E-state index is 11.6. The molecule has 0 spiro atoms. The minimum absolute atomic E-state index is 0. The third kappa shape index (κ3) is 3.34. The van der Waals surface area contributed by atoms with Crippen LogP contribution in [0.3, 0.4) is 0 Å². The van der Waals surface area contributed by atoms with Crippen molar-refractivity contribution in [1.82, 2.24) is 0 Å². The summed E-state index contributed by atoms with van der Waals surface area (Å²) in [4.78, 5) is 11.6. The number of benzene rings is 2. The van der Waals surface area contributed by atoms with Crippen LogP contribution < -0.4 is 24.0 Å². The summed E-state index contributed by atoms with van der Waals surface area (Å²) < 4.78 is 0. The number of carbonyl (C=O) groups is 1. The molecule has 0 fully saturated rings. The first-order valence-electron chi connectivity index (χ1n) is 8.76. The molecule has 2 unspecified atom stereocenters. The largest absolute Gasteiger partial charge is 1.00 e. The number of rotatable bonds is 4. The Morgan fingerprint density at radius 1 is 1.16 bits per heavy atom. The van der Waals surface area contributed by atoms with E-state index in [1.165, 1.54) is 23.1 Å². The zero-order valence-electron chi connectivity index (χ0n) is 14.9. The molecule has 0 aromatic heterocycles. The molecule has 0 saturated carbocycles. The van der Waals surface area contributed by atoms with E-state index in [0.29, 0.717) is 5.92 Å². The summed E-state index contributed by atoms with van der Waals surface area (Å²) in [6.45, 7) is 2.20. The first-order valence-corrected chi connectivity index (χ1v) is 8.76. The van der Waals surface area contributed by atoms with Crippen LogP contribution in [0.2, 0.25) is 0 Å². The molecular weight excluding hydrogens is 303 g/mol. The summed E-state index contributed by atoms with van der Waals surface area (Å²) in [6.07, 6.45) is 6.13. The SMILES string of the molecule is CC(CC1=CC(C(=O)[O-])c2cc3c(cc21)CCC3)c1ccccc1.[Li+]. The van der Waals surface area contributed by atoms with Gasteiger partial charge in [0.2, 0.25) is 0 Å². The van der Waals surface area contributed by atoms with Gasteiger partial charge in [-0.1, -0.05) is 55.5 Å². The Morgan fingerprint density at radius 3 is 2.52 bits per heavy atom. The van der Waals surface area contributed by atoms with Gasteiger partial charge >= 0.3 is 18.9 Å². The Kier molecular flexibility index (Phi) is 5.23. The maximum atomic E-state index is 11.6. The maximum Gasteiger partial charge on any atom is 1.00 e. The van der Waals surface area contributed by atoms with Gasteiger partial charge < -0.3 is 9.90 Å². The van der Waals surface area contributed by atoms with Gasteiger partial charge in [-0.25, -0.2) is 0 Å². The van der Waals surface area contributed by atoms with Crippen molar-refractivity contribution in [2.75, 3.05) is 0 Å². The quantitative estimate of drug-likeness (QED) is 0.773. The first kappa shape index (κ1) is 18.1. The van der Waals surface area contributed by atoms with Crippen LogP contribution >= 0.6 is 0 Å². The molecule has 0 amide bonds. The summed E-state index contributed by atoms with van der Waals surface area (Å²) in [5.41, 5.74) is 7.23. The fraction of sp³-hybridized carbons (Fsp3) is 0.318. The Labute approximate surface area is 161 Å². The number of carboxylic acids is 1. The van der Waals surface area contributed by atoms with Crippen LogP contribution in [-0.4, -0.2) is 5.97 Å². The van der Waals surface area contributed by atoms with Gasteiger partial charge in [0, 0.05) is 5.92 Å². The predicted molar refractivity (Wildman–Crippen MR) is 93.7 cm³/mol. The van der Waals surface area contributed by atoms with Crippen molar-refractivity contribution in [3.8, 4) is 0 Å². The van der Waals surface area contributed by atoms with E-state index in [9.17, 15) is 9.90 Å². The van der Waals surface area contributed by atoms with E-state index in [1.54, 1.807) is 0 Å². The van der Waals surface area contributed by atoms with Crippen LogP contribution in [-0.2, 0) is 17.6 Å². The molecule has 2 aliphatic rings. The Bertz CT molecular complexity index is 823. The van der Waals surface area contributed by atoms with E-state index in [2.05, 4.69) is 43.3 Å². The summed E-state index contributed by atoms with van der Waals surface area (Å²) in [5, 5.41) is 11.6. The van der Waals surface area contributed by atoms with Crippen LogP contribution in [0.25, 0.3) is 5.57 Å². The first-order chi connectivity index (χ1) is 11.6. The molecule has 0 radical (unpaired) electrons. The number of aryl methyl sites for hydroxylation is 2. The third-order valence-corrected chi connectivity index (χ3v) is 5.46. The van der Waals surface area contributed by atoms with Crippen LogP contribution in [0.5, 0.6) is 0 Å². The zero-order valence-corrected chi connectivity index (χ0v) is 14.9. The molecule has 3 heteroatoms. The van der Waals surface area contributed by atoms with Crippen molar-refractivity contribution in [3.05, 3.63) is 76.4 Å². The van der Waals surface area contributed by atoms with Gasteiger partial charge in [0.15, 0.2) is 0 Å². The van der Waals surface area contributed by atoms with Gasteiger partial charge in [-0.3, -0.25) is 0 Å². The van der Waals surface area contributed by atoms with Crippen LogP contribution in [0, 0.1) is 0 Å². The van der Waals surface area contributed by atoms with E-state index in [1.807, 2.05) is 12.1 Å². The molecule has 2 aliphatic carbocycles. The topological polar surface area (TPSA) is 40.1 Å². The molecule has 4 rings (SSSR count). The Hall–Kier alpha value is -1.75. The third-order valence-electron chi connectivity index (χ3n) is 5.46. The second kappa shape index (κ2) is 7.24. The summed E-state index contributed by atoms with van der Waals surface area (Å²) in [5.74, 6) is -1.22. The molecule has 0 heterocycles. The minimum Gasteiger partial charge on any atom is -0.549 e.